The van der Waals surface area contributed by atoms with E-state index in [2.05, 4.69) is 10.6 Å². The van der Waals surface area contributed by atoms with Crippen molar-refractivity contribution in [1.82, 2.24) is 0 Å². The second-order valence-corrected chi connectivity index (χ2v) is 5.17. The van der Waals surface area contributed by atoms with Crippen molar-refractivity contribution in [2.24, 2.45) is 0 Å². The van der Waals surface area contributed by atoms with Crippen LogP contribution in [0.1, 0.15) is 10.4 Å². The Hall–Kier alpha value is -3.21. The number of halogens is 2. The van der Waals surface area contributed by atoms with Gasteiger partial charge in [0.15, 0.2) is 0 Å². The molecule has 3 nitrogen and oxygen atoms in total. The monoisotopic (exact) mass is 324 g/mol. The molecule has 0 aliphatic heterocycles. The first-order valence-corrected chi connectivity index (χ1v) is 7.30. The SMILES string of the molecule is O=C(Nc1ccc(Nc2ccc(F)cc2)cc1)c1ccc(F)cc1. The average molecular weight is 324 g/mol. The smallest absolute Gasteiger partial charge is 0.255 e. The molecule has 0 spiro atoms. The van der Waals surface area contributed by atoms with E-state index in [0.29, 0.717) is 11.3 Å². The van der Waals surface area contributed by atoms with Crippen LogP contribution in [0.25, 0.3) is 0 Å². The minimum absolute atomic E-state index is 0.292. The molecule has 1 amide bonds. The minimum atomic E-state index is -0.386. The van der Waals surface area contributed by atoms with Gasteiger partial charge in [0.2, 0.25) is 0 Å². The standard InChI is InChI=1S/C19H14F2N2O/c20-14-3-1-13(2-4-14)19(24)23-18-11-9-17(10-12-18)22-16-7-5-15(21)6-8-16/h1-12,22H,(H,23,24). The molecule has 0 unspecified atom stereocenters. The molecule has 3 aromatic rings. The third kappa shape index (κ3) is 3.95. The van der Waals surface area contributed by atoms with Crippen molar-refractivity contribution in [3.63, 3.8) is 0 Å². The normalized spacial score (nSPS) is 10.2. The number of hydrogen-bond donors (Lipinski definition) is 2. The fraction of sp³-hybridized carbons (Fsp3) is 0. The zero-order chi connectivity index (χ0) is 16.9. The fourth-order valence-electron chi connectivity index (χ4n) is 2.14. The van der Waals surface area contributed by atoms with E-state index in [0.717, 1.165) is 11.4 Å². The summed E-state index contributed by atoms with van der Waals surface area (Å²) in [6.07, 6.45) is 0. The highest BCUT2D eigenvalue weighted by molar-refractivity contribution is 6.04. The first kappa shape index (κ1) is 15.7. The predicted molar refractivity (Wildman–Crippen MR) is 90.5 cm³/mol. The molecule has 0 fully saturated rings. The molecule has 3 rings (SSSR count). The van der Waals surface area contributed by atoms with Gasteiger partial charge in [0.25, 0.3) is 5.91 Å². The maximum Gasteiger partial charge on any atom is 0.255 e. The van der Waals surface area contributed by atoms with Crippen LogP contribution in [0.3, 0.4) is 0 Å². The van der Waals surface area contributed by atoms with Gasteiger partial charge in [-0.1, -0.05) is 0 Å². The number of rotatable bonds is 4. The van der Waals surface area contributed by atoms with Gasteiger partial charge in [-0.15, -0.1) is 0 Å². The summed E-state index contributed by atoms with van der Waals surface area (Å²) >= 11 is 0. The third-order valence-corrected chi connectivity index (χ3v) is 3.38. The van der Waals surface area contributed by atoms with Crippen LogP contribution in [0.15, 0.2) is 72.8 Å². The average Bonchev–Trinajstić information content (AvgIpc) is 2.59. The van der Waals surface area contributed by atoms with E-state index in [9.17, 15) is 13.6 Å². The van der Waals surface area contributed by atoms with Crippen molar-refractivity contribution in [2.75, 3.05) is 10.6 Å². The van der Waals surface area contributed by atoms with Crippen molar-refractivity contribution < 1.29 is 13.6 Å². The molecule has 2 N–H and O–H groups in total. The Balaban J connectivity index is 1.64. The molecule has 0 saturated carbocycles. The lowest BCUT2D eigenvalue weighted by Crippen LogP contribution is -2.11. The Morgan fingerprint density at radius 2 is 1.04 bits per heavy atom. The maximum absolute atomic E-state index is 12.9. The molecule has 3 aromatic carbocycles. The summed E-state index contributed by atoms with van der Waals surface area (Å²) in [6, 6.07) is 18.4. The number of carbonyl (C=O) groups is 1. The van der Waals surface area contributed by atoms with Crippen LogP contribution in [0.5, 0.6) is 0 Å². The molecule has 0 bridgehead atoms. The fourth-order valence-corrected chi connectivity index (χ4v) is 2.14. The van der Waals surface area contributed by atoms with Gasteiger partial charge in [-0.25, -0.2) is 8.78 Å². The molecule has 0 aliphatic carbocycles. The van der Waals surface area contributed by atoms with Crippen LogP contribution in [-0.2, 0) is 0 Å². The largest absolute Gasteiger partial charge is 0.356 e. The summed E-state index contributed by atoms with van der Waals surface area (Å²) in [4.78, 5) is 12.0. The van der Waals surface area contributed by atoms with Gasteiger partial charge < -0.3 is 10.6 Å². The van der Waals surface area contributed by atoms with Crippen molar-refractivity contribution in [2.45, 2.75) is 0 Å². The lowest BCUT2D eigenvalue weighted by Gasteiger charge is -2.09. The summed E-state index contributed by atoms with van der Waals surface area (Å²) in [6.45, 7) is 0. The van der Waals surface area contributed by atoms with Gasteiger partial charge in [-0.05, 0) is 72.8 Å². The van der Waals surface area contributed by atoms with Crippen molar-refractivity contribution >= 4 is 23.0 Å². The van der Waals surface area contributed by atoms with Gasteiger partial charge in [-0.2, -0.15) is 0 Å². The van der Waals surface area contributed by atoms with Crippen LogP contribution < -0.4 is 10.6 Å². The van der Waals surface area contributed by atoms with Crippen molar-refractivity contribution in [1.29, 1.82) is 0 Å². The van der Waals surface area contributed by atoms with Crippen LogP contribution in [0, 0.1) is 11.6 Å². The summed E-state index contributed by atoms with van der Waals surface area (Å²) in [7, 11) is 0. The zero-order valence-electron chi connectivity index (χ0n) is 12.6. The molecule has 5 heteroatoms. The topological polar surface area (TPSA) is 41.1 Å². The number of benzene rings is 3. The van der Waals surface area contributed by atoms with Gasteiger partial charge in [0, 0.05) is 22.6 Å². The highest BCUT2D eigenvalue weighted by Gasteiger charge is 2.06. The summed E-state index contributed by atoms with van der Waals surface area (Å²) in [5.74, 6) is -0.989. The minimum Gasteiger partial charge on any atom is -0.356 e. The first-order valence-electron chi connectivity index (χ1n) is 7.30. The Morgan fingerprint density at radius 3 is 1.58 bits per heavy atom. The Labute approximate surface area is 138 Å². The highest BCUT2D eigenvalue weighted by Crippen LogP contribution is 2.19. The number of anilines is 3. The van der Waals surface area contributed by atoms with Crippen LogP contribution in [0.2, 0.25) is 0 Å². The first-order chi connectivity index (χ1) is 11.6. The predicted octanol–water partition coefficient (Wildman–Crippen LogP) is 4.96. The molecular weight excluding hydrogens is 310 g/mol. The van der Waals surface area contributed by atoms with Crippen LogP contribution in [0.4, 0.5) is 25.8 Å². The molecule has 0 heterocycles. The van der Waals surface area contributed by atoms with Gasteiger partial charge in [-0.3, -0.25) is 4.79 Å². The Bertz CT molecular complexity index is 829. The van der Waals surface area contributed by atoms with Gasteiger partial charge in [0.1, 0.15) is 11.6 Å². The van der Waals surface area contributed by atoms with E-state index in [1.165, 1.54) is 36.4 Å². The van der Waals surface area contributed by atoms with E-state index in [1.807, 2.05) is 0 Å². The van der Waals surface area contributed by atoms with E-state index in [1.54, 1.807) is 36.4 Å². The van der Waals surface area contributed by atoms with Crippen LogP contribution in [-0.4, -0.2) is 5.91 Å². The zero-order valence-corrected chi connectivity index (χ0v) is 12.6. The third-order valence-electron chi connectivity index (χ3n) is 3.38. The molecule has 0 radical (unpaired) electrons. The van der Waals surface area contributed by atoms with E-state index in [4.69, 9.17) is 0 Å². The number of nitrogens with one attached hydrogen (secondary N) is 2. The van der Waals surface area contributed by atoms with E-state index < -0.39 is 0 Å². The highest BCUT2D eigenvalue weighted by atomic mass is 19.1. The van der Waals surface area contributed by atoms with Gasteiger partial charge in [0.05, 0.1) is 0 Å². The summed E-state index contributed by atoms with van der Waals surface area (Å²) < 4.78 is 25.7. The quantitative estimate of drug-likeness (QED) is 0.712. The lowest BCUT2D eigenvalue weighted by molar-refractivity contribution is 0.102. The molecular formula is C19H14F2N2O. The maximum atomic E-state index is 12.9. The Kier molecular flexibility index (Phi) is 4.52. The molecule has 0 aromatic heterocycles. The second kappa shape index (κ2) is 6.91. The number of amides is 1. The molecule has 0 saturated heterocycles. The number of carbonyl (C=O) groups excluding carboxylic acids is 1. The van der Waals surface area contributed by atoms with E-state index in [-0.39, 0.29) is 17.5 Å². The number of hydrogen-bond acceptors (Lipinski definition) is 2. The molecule has 24 heavy (non-hydrogen) atoms. The summed E-state index contributed by atoms with van der Waals surface area (Å²) in [5.41, 5.74) is 2.57. The molecule has 120 valence electrons. The molecule has 0 aliphatic rings. The second-order valence-electron chi connectivity index (χ2n) is 5.17. The van der Waals surface area contributed by atoms with Crippen molar-refractivity contribution in [3.05, 3.63) is 90.0 Å². The van der Waals surface area contributed by atoms with E-state index >= 15 is 0 Å². The van der Waals surface area contributed by atoms with Gasteiger partial charge >= 0.3 is 0 Å². The summed E-state index contributed by atoms with van der Waals surface area (Å²) in [5, 5.41) is 5.87. The van der Waals surface area contributed by atoms with Crippen LogP contribution >= 0.6 is 0 Å². The lowest BCUT2D eigenvalue weighted by atomic mass is 10.2. The Morgan fingerprint density at radius 1 is 0.625 bits per heavy atom. The molecule has 0 atom stereocenters. The van der Waals surface area contributed by atoms with Crippen molar-refractivity contribution in [3.8, 4) is 0 Å².